The van der Waals surface area contributed by atoms with Crippen molar-refractivity contribution in [3.63, 3.8) is 0 Å². The fourth-order valence-electron chi connectivity index (χ4n) is 6.06. The van der Waals surface area contributed by atoms with Gasteiger partial charge in [-0.15, -0.1) is 0 Å². The number of aryl methyl sites for hydroxylation is 2. The van der Waals surface area contributed by atoms with Crippen LogP contribution in [-0.2, 0) is 30.4 Å². The third kappa shape index (κ3) is 4.70. The largest absolute Gasteiger partial charge is 0.457 e. The highest BCUT2D eigenvalue weighted by molar-refractivity contribution is 5.99. The summed E-state index contributed by atoms with van der Waals surface area (Å²) in [6, 6.07) is 20.4. The molecule has 0 saturated heterocycles. The summed E-state index contributed by atoms with van der Waals surface area (Å²) in [7, 11) is 0. The maximum absolute atomic E-state index is 13.6. The van der Waals surface area contributed by atoms with E-state index >= 15 is 0 Å². The van der Waals surface area contributed by atoms with Crippen molar-refractivity contribution in [1.29, 1.82) is 0 Å². The van der Waals surface area contributed by atoms with E-state index in [4.69, 9.17) is 14.5 Å². The smallest absolute Gasteiger partial charge is 0.416 e. The fourth-order valence-corrected chi connectivity index (χ4v) is 6.06. The maximum Gasteiger partial charge on any atom is 0.416 e. The van der Waals surface area contributed by atoms with Crippen molar-refractivity contribution in [1.82, 2.24) is 0 Å². The van der Waals surface area contributed by atoms with Gasteiger partial charge in [0.15, 0.2) is 0 Å². The van der Waals surface area contributed by atoms with Gasteiger partial charge in [-0.1, -0.05) is 36.4 Å². The lowest BCUT2D eigenvalue weighted by Crippen LogP contribution is -2.26. The molecule has 0 fully saturated rings. The summed E-state index contributed by atoms with van der Waals surface area (Å²) >= 11 is 0. The van der Waals surface area contributed by atoms with E-state index in [0.29, 0.717) is 17.1 Å². The number of ether oxygens (including phenoxy) is 2. The van der Waals surface area contributed by atoms with E-state index in [1.165, 1.54) is 23.8 Å². The second-order valence-electron chi connectivity index (χ2n) is 10.8. The van der Waals surface area contributed by atoms with E-state index in [1.807, 2.05) is 24.3 Å². The first-order valence-electron chi connectivity index (χ1n) is 14.1. The molecule has 42 heavy (non-hydrogen) atoms. The molecule has 0 amide bonds. The summed E-state index contributed by atoms with van der Waals surface area (Å²) in [6.45, 7) is 1.16. The number of hydrogen-bond acceptors (Lipinski definition) is 5. The highest BCUT2D eigenvalue weighted by Crippen LogP contribution is 2.41. The molecule has 1 N–H and O–H groups in total. The first kappa shape index (κ1) is 26.3. The Labute approximate surface area is 240 Å². The maximum atomic E-state index is 13.6. The molecule has 3 aliphatic heterocycles. The van der Waals surface area contributed by atoms with Gasteiger partial charge in [-0.05, 0) is 66.6 Å². The van der Waals surface area contributed by atoms with E-state index in [9.17, 15) is 18.0 Å². The Morgan fingerprint density at radius 2 is 1.71 bits per heavy atom. The molecular weight excluding hydrogens is 541 g/mol. The van der Waals surface area contributed by atoms with Crippen LogP contribution in [0.25, 0.3) is 5.57 Å². The summed E-state index contributed by atoms with van der Waals surface area (Å²) in [4.78, 5) is 18.3. The number of benzene rings is 4. The van der Waals surface area contributed by atoms with Crippen molar-refractivity contribution in [2.24, 2.45) is 4.99 Å². The first-order chi connectivity index (χ1) is 20.4. The van der Waals surface area contributed by atoms with Crippen LogP contribution in [0.15, 0.2) is 77.8 Å². The summed E-state index contributed by atoms with van der Waals surface area (Å²) in [6.07, 6.45) is -0.772. The van der Waals surface area contributed by atoms with Crippen molar-refractivity contribution in [2.75, 3.05) is 18.4 Å². The zero-order valence-corrected chi connectivity index (χ0v) is 22.7. The van der Waals surface area contributed by atoms with Gasteiger partial charge in [-0.3, -0.25) is 4.99 Å². The molecule has 0 spiro atoms. The predicted octanol–water partition coefficient (Wildman–Crippen LogP) is 6.34. The Morgan fingerprint density at radius 3 is 2.60 bits per heavy atom. The minimum absolute atomic E-state index is 0.0975. The molecule has 3 heterocycles. The number of esters is 1. The Bertz CT molecular complexity index is 1860. The number of carbonyl (C=O) groups is 1. The van der Waals surface area contributed by atoms with Crippen LogP contribution >= 0.6 is 0 Å². The second kappa shape index (κ2) is 10.4. The Morgan fingerprint density at radius 1 is 0.905 bits per heavy atom. The monoisotopic (exact) mass is 568 g/mol. The van der Waals surface area contributed by atoms with Gasteiger partial charge >= 0.3 is 12.1 Å². The molecule has 8 heteroatoms. The summed E-state index contributed by atoms with van der Waals surface area (Å²) in [5.74, 6) is 0.626. The Balaban J connectivity index is 1.37. The molecule has 212 valence electrons. The van der Waals surface area contributed by atoms with Gasteiger partial charge in [-0.2, -0.15) is 13.2 Å². The summed E-state index contributed by atoms with van der Waals surface area (Å²) in [5, 5.41) is 5.22. The van der Waals surface area contributed by atoms with Crippen LogP contribution in [0.1, 0.15) is 56.6 Å². The van der Waals surface area contributed by atoms with Crippen LogP contribution in [0.3, 0.4) is 0 Å². The quantitative estimate of drug-likeness (QED) is 0.257. The number of halogens is 3. The van der Waals surface area contributed by atoms with Gasteiger partial charge in [0.05, 0.1) is 16.5 Å². The van der Waals surface area contributed by atoms with Gasteiger partial charge in [0.25, 0.3) is 0 Å². The number of nitrogens with one attached hydrogen (secondary N) is 1. The van der Waals surface area contributed by atoms with E-state index in [0.717, 1.165) is 77.8 Å². The van der Waals surface area contributed by atoms with Crippen molar-refractivity contribution in [3.8, 4) is 11.5 Å². The van der Waals surface area contributed by atoms with E-state index in [1.54, 1.807) is 12.1 Å². The van der Waals surface area contributed by atoms with Crippen LogP contribution in [0, 0.1) is 0 Å². The SMILES string of the molecule is O=C(OCc1ccccc1C(F)(F)F)c1ccccc1C1=c2cc3c(cc2Oc2cc4c(cc21)CCCN4)=NCCC3. The number of alkyl halides is 3. The Kier molecular flexibility index (Phi) is 6.49. The fraction of sp³-hybridized carbons (Fsp3) is 0.235. The lowest BCUT2D eigenvalue weighted by molar-refractivity contribution is -0.138. The van der Waals surface area contributed by atoms with Gasteiger partial charge in [-0.25, -0.2) is 4.79 Å². The van der Waals surface area contributed by atoms with Gasteiger partial charge in [0.1, 0.15) is 18.1 Å². The minimum atomic E-state index is -4.55. The second-order valence-corrected chi connectivity index (χ2v) is 10.8. The Hall–Kier alpha value is -4.59. The molecule has 4 aromatic carbocycles. The molecule has 0 saturated carbocycles. The predicted molar refractivity (Wildman–Crippen MR) is 152 cm³/mol. The third-order valence-corrected chi connectivity index (χ3v) is 8.07. The molecule has 5 nitrogen and oxygen atoms in total. The molecule has 4 aromatic rings. The third-order valence-electron chi connectivity index (χ3n) is 8.07. The molecule has 0 aliphatic carbocycles. The topological polar surface area (TPSA) is 59.9 Å². The number of hydrogen-bond donors (Lipinski definition) is 1. The standard InChI is InChI=1S/C34H27F3N2O3/c35-34(36,37)27-12-4-1-7-22(27)19-41-33(40)24-11-3-2-10-23(24)32-25-15-20-8-5-13-38-28(20)17-30(25)42-31-18-29-21(16-26(31)32)9-6-14-39-29/h1-4,7,10-12,15-18,38H,5-6,8-9,13-14,19H2. The highest BCUT2D eigenvalue weighted by Gasteiger charge is 2.33. The van der Waals surface area contributed by atoms with Crippen molar-refractivity contribution in [2.45, 2.75) is 38.5 Å². The summed E-state index contributed by atoms with van der Waals surface area (Å²) in [5.41, 5.74) is 5.00. The van der Waals surface area contributed by atoms with Crippen molar-refractivity contribution in [3.05, 3.63) is 122 Å². The van der Waals surface area contributed by atoms with Crippen molar-refractivity contribution < 1.29 is 27.4 Å². The number of fused-ring (bicyclic) bond motifs is 4. The number of carbonyl (C=O) groups excluding carboxylic acids is 1. The zero-order chi connectivity index (χ0) is 28.8. The van der Waals surface area contributed by atoms with Crippen LogP contribution in [-0.4, -0.2) is 19.1 Å². The molecular formula is C34H27F3N2O3. The lowest BCUT2D eigenvalue weighted by Gasteiger charge is -2.27. The highest BCUT2D eigenvalue weighted by atomic mass is 19.4. The van der Waals surface area contributed by atoms with Gasteiger partial charge in [0.2, 0.25) is 0 Å². The molecule has 0 aromatic heterocycles. The molecule has 3 aliphatic rings. The number of nitrogens with zero attached hydrogens (tertiary/aromatic N) is 1. The van der Waals surface area contributed by atoms with Crippen LogP contribution in [0.5, 0.6) is 11.5 Å². The van der Waals surface area contributed by atoms with Crippen LogP contribution in [0.4, 0.5) is 18.9 Å². The van der Waals surface area contributed by atoms with Crippen LogP contribution in [0.2, 0.25) is 0 Å². The van der Waals surface area contributed by atoms with Crippen LogP contribution < -0.4 is 20.6 Å². The van der Waals surface area contributed by atoms with Crippen molar-refractivity contribution >= 4 is 17.2 Å². The first-order valence-corrected chi connectivity index (χ1v) is 14.1. The van der Waals surface area contributed by atoms with Gasteiger partial charge in [0, 0.05) is 52.8 Å². The normalized spacial score (nSPS) is 15.2. The van der Waals surface area contributed by atoms with E-state index in [2.05, 4.69) is 17.4 Å². The molecule has 0 radical (unpaired) electrons. The van der Waals surface area contributed by atoms with Gasteiger partial charge < -0.3 is 14.8 Å². The molecule has 7 rings (SSSR count). The summed E-state index contributed by atoms with van der Waals surface area (Å²) < 4.78 is 52.7. The van der Waals surface area contributed by atoms with E-state index in [-0.39, 0.29) is 11.1 Å². The number of anilines is 1. The number of rotatable bonds is 4. The molecule has 0 unspecified atom stereocenters. The molecule has 0 bridgehead atoms. The lowest BCUT2D eigenvalue weighted by atomic mass is 9.87. The van der Waals surface area contributed by atoms with E-state index < -0.39 is 24.3 Å². The average Bonchev–Trinajstić information content (AvgIpc) is 3.00. The minimum Gasteiger partial charge on any atom is -0.457 e. The average molecular weight is 569 g/mol. The molecule has 0 atom stereocenters. The zero-order valence-electron chi connectivity index (χ0n) is 22.7.